The lowest BCUT2D eigenvalue weighted by Crippen LogP contribution is -2.33. The van der Waals surface area contributed by atoms with Crippen LogP contribution in [0.15, 0.2) is 18.2 Å². The first-order valence-corrected chi connectivity index (χ1v) is 4.08. The normalized spacial score (nSPS) is 14.6. The molecule has 6 heteroatoms. The van der Waals surface area contributed by atoms with Crippen LogP contribution in [0.5, 0.6) is 5.75 Å². The van der Waals surface area contributed by atoms with E-state index >= 15 is 0 Å². The number of amides is 1. The number of aliphatic hydroxyl groups excluding tert-OH is 2. The van der Waals surface area contributed by atoms with Crippen LogP contribution in [-0.4, -0.2) is 27.3 Å². The second kappa shape index (κ2) is 4.24. The quantitative estimate of drug-likeness (QED) is 0.541. The summed E-state index contributed by atoms with van der Waals surface area (Å²) < 4.78 is 12.8. The number of nitrogens with two attached hydrogens (primary N) is 1. The van der Waals surface area contributed by atoms with Crippen molar-refractivity contribution in [3.05, 3.63) is 29.6 Å². The third kappa shape index (κ3) is 2.23. The van der Waals surface area contributed by atoms with E-state index in [1.807, 2.05) is 0 Å². The number of phenols is 1. The molecule has 0 bridgehead atoms. The zero-order valence-corrected chi connectivity index (χ0v) is 7.59. The van der Waals surface area contributed by atoms with Gasteiger partial charge in [-0.05, 0) is 6.07 Å². The molecule has 5 nitrogen and oxygen atoms in total. The van der Waals surface area contributed by atoms with Crippen LogP contribution < -0.4 is 5.73 Å². The number of hydrogen-bond donors (Lipinski definition) is 4. The summed E-state index contributed by atoms with van der Waals surface area (Å²) >= 11 is 0. The van der Waals surface area contributed by atoms with Crippen LogP contribution in [0, 0.1) is 5.82 Å². The first kappa shape index (κ1) is 11.4. The maximum atomic E-state index is 12.8. The van der Waals surface area contributed by atoms with E-state index in [2.05, 4.69) is 0 Å². The number of carbonyl (C=O) groups excluding carboxylic acids is 1. The summed E-state index contributed by atoms with van der Waals surface area (Å²) in [5.74, 6) is -2.93. The highest BCUT2D eigenvalue weighted by atomic mass is 19.1. The number of primary amides is 1. The number of carbonyl (C=O) groups is 1. The molecular weight excluding hydrogens is 205 g/mol. The Morgan fingerprint density at radius 3 is 2.53 bits per heavy atom. The molecule has 0 saturated heterocycles. The van der Waals surface area contributed by atoms with Gasteiger partial charge >= 0.3 is 0 Å². The summed E-state index contributed by atoms with van der Waals surface area (Å²) in [6, 6.07) is 3.37. The molecule has 0 aliphatic carbocycles. The van der Waals surface area contributed by atoms with Crippen molar-refractivity contribution in [3.8, 4) is 5.75 Å². The SMILES string of the molecule is NC(=O)C(O)C(O)c1cccc(F)c1O. The number of rotatable bonds is 3. The molecule has 0 saturated carbocycles. The molecule has 0 radical (unpaired) electrons. The van der Waals surface area contributed by atoms with Gasteiger partial charge in [-0.1, -0.05) is 12.1 Å². The average Bonchev–Trinajstić information content (AvgIpc) is 2.20. The Kier molecular flexibility index (Phi) is 3.23. The molecule has 1 amide bonds. The number of aliphatic hydroxyl groups is 2. The van der Waals surface area contributed by atoms with E-state index in [1.165, 1.54) is 12.1 Å². The minimum Gasteiger partial charge on any atom is -0.505 e. The molecule has 2 unspecified atom stereocenters. The van der Waals surface area contributed by atoms with Crippen molar-refractivity contribution >= 4 is 5.91 Å². The third-order valence-corrected chi connectivity index (χ3v) is 1.93. The number of para-hydroxylation sites is 1. The molecule has 82 valence electrons. The molecule has 0 aliphatic heterocycles. The number of phenolic OH excluding ortho intramolecular Hbond substituents is 1. The zero-order valence-electron chi connectivity index (χ0n) is 7.59. The van der Waals surface area contributed by atoms with Gasteiger partial charge < -0.3 is 21.1 Å². The molecule has 1 aromatic carbocycles. The Balaban J connectivity index is 3.06. The van der Waals surface area contributed by atoms with E-state index in [1.54, 1.807) is 0 Å². The van der Waals surface area contributed by atoms with Crippen molar-refractivity contribution in [2.24, 2.45) is 5.73 Å². The van der Waals surface area contributed by atoms with Gasteiger partial charge in [-0.25, -0.2) is 4.39 Å². The molecule has 0 spiro atoms. The van der Waals surface area contributed by atoms with Crippen molar-refractivity contribution in [2.45, 2.75) is 12.2 Å². The monoisotopic (exact) mass is 215 g/mol. The van der Waals surface area contributed by atoms with Gasteiger partial charge in [0.25, 0.3) is 0 Å². The van der Waals surface area contributed by atoms with Crippen LogP contribution in [0.4, 0.5) is 4.39 Å². The van der Waals surface area contributed by atoms with E-state index in [0.29, 0.717) is 0 Å². The minimum atomic E-state index is -1.89. The maximum Gasteiger partial charge on any atom is 0.249 e. The lowest BCUT2D eigenvalue weighted by Gasteiger charge is -2.16. The zero-order chi connectivity index (χ0) is 11.6. The van der Waals surface area contributed by atoms with Crippen LogP contribution in [0.2, 0.25) is 0 Å². The van der Waals surface area contributed by atoms with Gasteiger partial charge in [0.15, 0.2) is 17.7 Å². The van der Waals surface area contributed by atoms with Crippen molar-refractivity contribution in [1.82, 2.24) is 0 Å². The molecule has 0 aromatic heterocycles. The summed E-state index contributed by atoms with van der Waals surface area (Å²) in [4.78, 5) is 10.5. The molecule has 5 N–H and O–H groups in total. The van der Waals surface area contributed by atoms with Crippen LogP contribution in [0.3, 0.4) is 0 Å². The molecule has 0 aliphatic rings. The van der Waals surface area contributed by atoms with E-state index in [-0.39, 0.29) is 5.56 Å². The smallest absolute Gasteiger partial charge is 0.249 e. The highest BCUT2D eigenvalue weighted by Gasteiger charge is 2.26. The Morgan fingerprint density at radius 2 is 2.00 bits per heavy atom. The molecule has 15 heavy (non-hydrogen) atoms. The molecule has 1 aromatic rings. The fraction of sp³-hybridized carbons (Fsp3) is 0.222. The topological polar surface area (TPSA) is 104 Å². The molecule has 0 heterocycles. The molecule has 2 atom stereocenters. The van der Waals surface area contributed by atoms with Crippen LogP contribution in [0.25, 0.3) is 0 Å². The van der Waals surface area contributed by atoms with Crippen LogP contribution in [-0.2, 0) is 4.79 Å². The third-order valence-electron chi connectivity index (χ3n) is 1.93. The molecule has 0 fully saturated rings. The van der Waals surface area contributed by atoms with E-state index in [9.17, 15) is 19.4 Å². The predicted octanol–water partition coefficient (Wildman–Crippen LogP) is -0.589. The van der Waals surface area contributed by atoms with Gasteiger partial charge in [-0.15, -0.1) is 0 Å². The number of halogens is 1. The van der Waals surface area contributed by atoms with Gasteiger partial charge in [-0.2, -0.15) is 0 Å². The number of hydrogen-bond acceptors (Lipinski definition) is 4. The van der Waals surface area contributed by atoms with E-state index in [0.717, 1.165) is 6.07 Å². The Bertz CT molecular complexity index is 382. The molecular formula is C9H10FNO4. The predicted molar refractivity (Wildman–Crippen MR) is 48.2 cm³/mol. The van der Waals surface area contributed by atoms with Crippen molar-refractivity contribution in [3.63, 3.8) is 0 Å². The van der Waals surface area contributed by atoms with E-state index in [4.69, 9.17) is 10.8 Å². The number of benzene rings is 1. The van der Waals surface area contributed by atoms with Gasteiger partial charge in [0.2, 0.25) is 5.91 Å². The standard InChI is InChI=1S/C9H10FNO4/c10-5-3-1-2-4(6(5)12)7(13)8(14)9(11)15/h1-3,7-8,12-14H,(H2,11,15). The number of aromatic hydroxyl groups is 1. The fourth-order valence-electron chi connectivity index (χ4n) is 1.10. The van der Waals surface area contributed by atoms with Gasteiger partial charge in [0.1, 0.15) is 6.10 Å². The second-order valence-electron chi connectivity index (χ2n) is 2.97. The lowest BCUT2D eigenvalue weighted by atomic mass is 10.0. The highest BCUT2D eigenvalue weighted by Crippen LogP contribution is 2.28. The van der Waals surface area contributed by atoms with Gasteiger partial charge in [0.05, 0.1) is 0 Å². The first-order chi connectivity index (χ1) is 6.95. The fourth-order valence-corrected chi connectivity index (χ4v) is 1.10. The van der Waals surface area contributed by atoms with Crippen molar-refractivity contribution < 1.29 is 24.5 Å². The van der Waals surface area contributed by atoms with Crippen LogP contribution >= 0.6 is 0 Å². The van der Waals surface area contributed by atoms with E-state index < -0.39 is 29.7 Å². The maximum absolute atomic E-state index is 12.8. The summed E-state index contributed by atoms with van der Waals surface area (Å²) in [6.07, 6.45) is -3.64. The summed E-state index contributed by atoms with van der Waals surface area (Å²) in [7, 11) is 0. The summed E-state index contributed by atoms with van der Waals surface area (Å²) in [5.41, 5.74) is 4.45. The largest absolute Gasteiger partial charge is 0.505 e. The summed E-state index contributed by atoms with van der Waals surface area (Å²) in [6.45, 7) is 0. The van der Waals surface area contributed by atoms with Crippen LogP contribution in [0.1, 0.15) is 11.7 Å². The Morgan fingerprint density at radius 1 is 1.40 bits per heavy atom. The highest BCUT2D eigenvalue weighted by molar-refractivity contribution is 5.79. The van der Waals surface area contributed by atoms with Gasteiger partial charge in [-0.3, -0.25) is 4.79 Å². The Hall–Kier alpha value is -1.66. The van der Waals surface area contributed by atoms with Crippen molar-refractivity contribution in [1.29, 1.82) is 0 Å². The summed E-state index contributed by atoms with van der Waals surface area (Å²) in [5, 5.41) is 27.7. The average molecular weight is 215 g/mol. The van der Waals surface area contributed by atoms with Crippen molar-refractivity contribution in [2.75, 3.05) is 0 Å². The molecule has 1 rings (SSSR count). The second-order valence-corrected chi connectivity index (χ2v) is 2.97. The first-order valence-electron chi connectivity index (χ1n) is 4.08. The van der Waals surface area contributed by atoms with Gasteiger partial charge in [0, 0.05) is 5.56 Å². The lowest BCUT2D eigenvalue weighted by molar-refractivity contribution is -0.132. The minimum absolute atomic E-state index is 0.290. The Labute approximate surface area is 84.6 Å².